The van der Waals surface area contributed by atoms with E-state index in [9.17, 15) is 15.0 Å². The molecule has 0 aliphatic carbocycles. The van der Waals surface area contributed by atoms with Crippen LogP contribution in [0.5, 0.6) is 0 Å². The number of nitrogens with zero attached hydrogens (tertiary/aromatic N) is 3. The van der Waals surface area contributed by atoms with Crippen LogP contribution < -0.4 is 11.1 Å². The summed E-state index contributed by atoms with van der Waals surface area (Å²) >= 11 is 0. The molecule has 2 aromatic rings. The van der Waals surface area contributed by atoms with E-state index in [1.54, 1.807) is 25.5 Å². The van der Waals surface area contributed by atoms with Gasteiger partial charge in [0.25, 0.3) is 5.91 Å². The Morgan fingerprint density at radius 2 is 1.71 bits per heavy atom. The number of carbonyl (C=O) groups excluding carboxylic acids is 1. The third kappa shape index (κ3) is 10.6. The molecule has 41 heavy (non-hydrogen) atoms. The number of benzene rings is 1. The fourth-order valence-electron chi connectivity index (χ4n) is 4.05. The number of nitrogens with two attached hydrogens (primary N) is 1. The molecular formula is C27H43N5O9. The number of aromatic nitrogens is 3. The second-order valence-corrected chi connectivity index (χ2v) is 9.63. The number of hydrogen-bond acceptors (Lipinski definition) is 12. The Labute approximate surface area is 240 Å². The van der Waals surface area contributed by atoms with E-state index in [4.69, 9.17) is 34.2 Å². The van der Waals surface area contributed by atoms with Crippen molar-refractivity contribution in [2.45, 2.75) is 64.1 Å². The SMILES string of the molecule is CCO[C@@H]1C(C(=O)NCCOCCOCCOCCn2cc(-c3ccc(N)cc3)nn2)O[C@@H](OC(C)C)[C@@H](O)[C@H]1O. The highest BCUT2D eigenvalue weighted by Crippen LogP contribution is 2.25. The monoisotopic (exact) mass is 581 g/mol. The highest BCUT2D eigenvalue weighted by atomic mass is 16.7. The van der Waals surface area contributed by atoms with Crippen molar-refractivity contribution < 1.29 is 43.4 Å². The second-order valence-electron chi connectivity index (χ2n) is 9.63. The molecule has 1 unspecified atom stereocenters. The fourth-order valence-corrected chi connectivity index (χ4v) is 4.05. The molecule has 1 amide bonds. The van der Waals surface area contributed by atoms with Gasteiger partial charge >= 0.3 is 0 Å². The Kier molecular flexibility index (Phi) is 13.9. The number of anilines is 1. The van der Waals surface area contributed by atoms with Crippen molar-refractivity contribution in [3.8, 4) is 11.3 Å². The average Bonchev–Trinajstić information content (AvgIpc) is 3.42. The number of aliphatic hydroxyl groups is 2. The number of nitrogen functional groups attached to an aromatic ring is 1. The van der Waals surface area contributed by atoms with Crippen molar-refractivity contribution in [2.75, 3.05) is 58.5 Å². The zero-order chi connectivity index (χ0) is 29.6. The van der Waals surface area contributed by atoms with Gasteiger partial charge in [0, 0.05) is 24.4 Å². The highest BCUT2D eigenvalue weighted by molar-refractivity contribution is 5.81. The molecule has 1 aromatic carbocycles. The molecule has 1 aromatic heterocycles. The standard InChI is InChI=1S/C27H43N5O9/c1-4-39-24-22(33)23(34)27(40-18(2)3)41-25(24)26(35)29-9-11-36-13-15-38-16-14-37-12-10-32-17-21(30-31-32)19-5-7-20(28)8-6-19/h5-8,17-18,22-25,27,33-34H,4,9-16,28H2,1-3H3,(H,29,35)/t22-,23+,24+,25?,27-/m1/s1. The lowest BCUT2D eigenvalue weighted by Gasteiger charge is -2.41. The van der Waals surface area contributed by atoms with Crippen LogP contribution in [0.4, 0.5) is 5.69 Å². The summed E-state index contributed by atoms with van der Waals surface area (Å²) in [5, 5.41) is 31.7. The van der Waals surface area contributed by atoms with Crippen molar-refractivity contribution in [3.63, 3.8) is 0 Å². The van der Waals surface area contributed by atoms with Crippen LogP contribution in [0.15, 0.2) is 30.5 Å². The Bertz CT molecular complexity index is 1020. The summed E-state index contributed by atoms with van der Waals surface area (Å²) in [5.74, 6) is -0.490. The molecule has 5 N–H and O–H groups in total. The lowest BCUT2D eigenvalue weighted by Crippen LogP contribution is -2.63. The van der Waals surface area contributed by atoms with Crippen molar-refractivity contribution in [1.29, 1.82) is 0 Å². The van der Waals surface area contributed by atoms with Gasteiger partial charge in [0.2, 0.25) is 0 Å². The number of nitrogens with one attached hydrogen (secondary N) is 1. The molecule has 14 heteroatoms. The van der Waals surface area contributed by atoms with Gasteiger partial charge in [0.05, 0.1) is 58.5 Å². The topological polar surface area (TPSA) is 182 Å². The van der Waals surface area contributed by atoms with Crippen molar-refractivity contribution in [3.05, 3.63) is 30.5 Å². The van der Waals surface area contributed by atoms with Crippen LogP contribution >= 0.6 is 0 Å². The molecule has 3 rings (SSSR count). The Morgan fingerprint density at radius 3 is 2.37 bits per heavy atom. The number of hydrogen-bond donors (Lipinski definition) is 4. The Morgan fingerprint density at radius 1 is 1.05 bits per heavy atom. The summed E-state index contributed by atoms with van der Waals surface area (Å²) < 4.78 is 34.9. The van der Waals surface area contributed by atoms with Crippen molar-refractivity contribution >= 4 is 11.6 Å². The summed E-state index contributed by atoms with van der Waals surface area (Å²) in [6.07, 6.45) is -4.41. The molecular weight excluding hydrogens is 538 g/mol. The van der Waals surface area contributed by atoms with Crippen LogP contribution in [0, 0.1) is 0 Å². The second kappa shape index (κ2) is 17.3. The van der Waals surface area contributed by atoms with Crippen LogP contribution in [0.3, 0.4) is 0 Å². The van der Waals surface area contributed by atoms with Crippen LogP contribution in [0.1, 0.15) is 20.8 Å². The smallest absolute Gasteiger partial charge is 0.252 e. The molecule has 0 spiro atoms. The Balaban J connectivity index is 1.22. The third-order valence-electron chi connectivity index (χ3n) is 6.07. The zero-order valence-electron chi connectivity index (χ0n) is 23.9. The first-order valence-electron chi connectivity index (χ1n) is 13.9. The van der Waals surface area contributed by atoms with E-state index >= 15 is 0 Å². The number of amides is 1. The molecule has 0 radical (unpaired) electrons. The molecule has 1 fully saturated rings. The molecule has 14 nitrogen and oxygen atoms in total. The van der Waals surface area contributed by atoms with Gasteiger partial charge in [-0.05, 0) is 32.9 Å². The number of carbonyl (C=O) groups is 1. The molecule has 230 valence electrons. The molecule has 0 bridgehead atoms. The zero-order valence-corrected chi connectivity index (χ0v) is 23.9. The van der Waals surface area contributed by atoms with E-state index in [0.29, 0.717) is 45.3 Å². The summed E-state index contributed by atoms with van der Waals surface area (Å²) in [5.41, 5.74) is 8.13. The minimum absolute atomic E-state index is 0.220. The maximum Gasteiger partial charge on any atom is 0.252 e. The van der Waals surface area contributed by atoms with Gasteiger partial charge in [-0.2, -0.15) is 0 Å². The van der Waals surface area contributed by atoms with Gasteiger partial charge in [-0.1, -0.05) is 17.3 Å². The van der Waals surface area contributed by atoms with E-state index in [1.807, 2.05) is 30.5 Å². The van der Waals surface area contributed by atoms with E-state index in [1.165, 1.54) is 0 Å². The highest BCUT2D eigenvalue weighted by Gasteiger charge is 2.48. The largest absolute Gasteiger partial charge is 0.399 e. The van der Waals surface area contributed by atoms with Crippen LogP contribution in [-0.2, 0) is 39.8 Å². The molecule has 2 heterocycles. The molecule has 1 aliphatic heterocycles. The quantitative estimate of drug-likeness (QED) is 0.137. The molecule has 0 saturated carbocycles. The normalized spacial score (nSPS) is 22.7. The molecule has 5 atom stereocenters. The van der Waals surface area contributed by atoms with Crippen LogP contribution in [0.25, 0.3) is 11.3 Å². The van der Waals surface area contributed by atoms with Gasteiger partial charge in [-0.25, -0.2) is 4.68 Å². The summed E-state index contributed by atoms with van der Waals surface area (Å²) in [6, 6.07) is 7.45. The molecule has 1 aliphatic rings. The van der Waals surface area contributed by atoms with E-state index < -0.39 is 36.6 Å². The van der Waals surface area contributed by atoms with Gasteiger partial charge in [-0.3, -0.25) is 4.79 Å². The van der Waals surface area contributed by atoms with Crippen LogP contribution in [0.2, 0.25) is 0 Å². The van der Waals surface area contributed by atoms with E-state index in [2.05, 4.69) is 15.6 Å². The number of ether oxygens (including phenoxy) is 6. The minimum Gasteiger partial charge on any atom is -0.399 e. The van der Waals surface area contributed by atoms with Crippen LogP contribution in [-0.4, -0.2) is 121 Å². The molecule has 1 saturated heterocycles. The predicted molar refractivity (Wildman–Crippen MR) is 148 cm³/mol. The first-order chi connectivity index (χ1) is 19.8. The predicted octanol–water partition coefficient (Wildman–Crippen LogP) is -0.0299. The Hall–Kier alpha value is -2.69. The van der Waals surface area contributed by atoms with Gasteiger partial charge in [0.15, 0.2) is 12.4 Å². The lowest BCUT2D eigenvalue weighted by atomic mass is 9.98. The maximum absolute atomic E-state index is 12.7. The fraction of sp³-hybridized carbons (Fsp3) is 0.667. The number of aliphatic hydroxyl groups excluding tert-OH is 2. The minimum atomic E-state index is -1.34. The first-order valence-corrected chi connectivity index (χ1v) is 13.9. The summed E-state index contributed by atoms with van der Waals surface area (Å²) in [6.45, 7) is 8.58. The third-order valence-corrected chi connectivity index (χ3v) is 6.07. The first kappa shape index (κ1) is 32.8. The van der Waals surface area contributed by atoms with E-state index in [0.717, 1.165) is 11.3 Å². The maximum atomic E-state index is 12.7. The van der Waals surface area contributed by atoms with Crippen molar-refractivity contribution in [2.24, 2.45) is 0 Å². The van der Waals surface area contributed by atoms with E-state index in [-0.39, 0.29) is 25.9 Å². The average molecular weight is 582 g/mol. The van der Waals surface area contributed by atoms with Gasteiger partial charge in [-0.15, -0.1) is 5.10 Å². The van der Waals surface area contributed by atoms with Crippen molar-refractivity contribution in [1.82, 2.24) is 20.3 Å². The van der Waals surface area contributed by atoms with Gasteiger partial charge in [0.1, 0.15) is 24.0 Å². The summed E-state index contributed by atoms with van der Waals surface area (Å²) in [7, 11) is 0. The summed E-state index contributed by atoms with van der Waals surface area (Å²) in [4.78, 5) is 12.7. The lowest BCUT2D eigenvalue weighted by molar-refractivity contribution is -0.303. The van der Waals surface area contributed by atoms with Gasteiger partial charge < -0.3 is 49.7 Å². The number of rotatable bonds is 18.